The lowest BCUT2D eigenvalue weighted by Crippen LogP contribution is -2.07. The van der Waals surface area contributed by atoms with Gasteiger partial charge in [0.15, 0.2) is 6.29 Å². The van der Waals surface area contributed by atoms with Gasteiger partial charge in [0, 0.05) is 7.05 Å². The van der Waals surface area contributed by atoms with E-state index in [1.807, 2.05) is 0 Å². The number of hydrogen-bond acceptors (Lipinski definition) is 3. The van der Waals surface area contributed by atoms with Crippen molar-refractivity contribution in [2.24, 2.45) is 7.05 Å². The molecule has 70 valence electrons. The van der Waals surface area contributed by atoms with Crippen molar-refractivity contribution in [2.75, 3.05) is 7.11 Å². The molecular weight excluding hydrogens is 194 g/mol. The van der Waals surface area contributed by atoms with Gasteiger partial charge in [0.2, 0.25) is 0 Å². The van der Waals surface area contributed by atoms with Gasteiger partial charge in [-0.15, -0.1) is 0 Å². The van der Waals surface area contributed by atoms with Crippen LogP contribution in [0.25, 0.3) is 0 Å². The number of rotatable bonds is 2. The molecule has 0 N–H and O–H groups in total. The van der Waals surface area contributed by atoms with Gasteiger partial charge in [-0.05, 0) is 6.07 Å². The summed E-state index contributed by atoms with van der Waals surface area (Å²) in [5, 5.41) is 0.232. The van der Waals surface area contributed by atoms with Crippen LogP contribution in [0.4, 0.5) is 0 Å². The van der Waals surface area contributed by atoms with E-state index in [4.69, 9.17) is 11.6 Å². The molecule has 0 aliphatic rings. The third-order valence-corrected chi connectivity index (χ3v) is 2.18. The maximum absolute atomic E-state index is 11.1. The molecule has 0 atom stereocenters. The second-order valence-corrected chi connectivity index (χ2v) is 2.80. The number of halogens is 1. The number of methoxy groups -OCH3 is 1. The molecule has 0 aliphatic carbocycles. The third-order valence-electron chi connectivity index (χ3n) is 1.71. The number of ether oxygens (including phenoxy) is 1. The average Bonchev–Trinajstić information content (AvgIpc) is 2.43. The Morgan fingerprint density at radius 3 is 2.69 bits per heavy atom. The normalized spacial score (nSPS) is 9.77. The van der Waals surface area contributed by atoms with Crippen LogP contribution in [-0.4, -0.2) is 23.9 Å². The first-order valence-electron chi connectivity index (χ1n) is 3.50. The number of aromatic nitrogens is 1. The fourth-order valence-corrected chi connectivity index (χ4v) is 1.18. The highest BCUT2D eigenvalue weighted by atomic mass is 35.5. The van der Waals surface area contributed by atoms with Crippen molar-refractivity contribution in [3.05, 3.63) is 22.5 Å². The van der Waals surface area contributed by atoms with Gasteiger partial charge < -0.3 is 9.30 Å². The second-order valence-electron chi connectivity index (χ2n) is 2.44. The Bertz CT molecular complexity index is 357. The number of carbonyl (C=O) groups is 2. The zero-order valence-electron chi connectivity index (χ0n) is 7.20. The lowest BCUT2D eigenvalue weighted by molar-refractivity contribution is 0.0590. The molecule has 13 heavy (non-hydrogen) atoms. The van der Waals surface area contributed by atoms with Crippen molar-refractivity contribution >= 4 is 23.9 Å². The standard InChI is InChI=1S/C8H8ClNO3/c1-10-6(8(12)13-2)3-5(4-11)7(10)9/h3-4H,1-2H3. The Balaban J connectivity index is 3.24. The van der Waals surface area contributed by atoms with E-state index >= 15 is 0 Å². The molecule has 0 aliphatic heterocycles. The highest BCUT2D eigenvalue weighted by Gasteiger charge is 2.16. The van der Waals surface area contributed by atoms with Crippen molar-refractivity contribution in [3.8, 4) is 0 Å². The summed E-state index contributed by atoms with van der Waals surface area (Å²) in [4.78, 5) is 21.6. The van der Waals surface area contributed by atoms with E-state index in [1.54, 1.807) is 7.05 Å². The number of carbonyl (C=O) groups excluding carboxylic acids is 2. The Labute approximate surface area is 80.1 Å². The fourth-order valence-electron chi connectivity index (χ4n) is 0.986. The summed E-state index contributed by atoms with van der Waals surface area (Å²) in [5.74, 6) is -0.516. The smallest absolute Gasteiger partial charge is 0.354 e. The molecule has 1 aromatic heterocycles. The van der Waals surface area contributed by atoms with Crippen LogP contribution in [0.2, 0.25) is 5.15 Å². The molecule has 0 unspecified atom stereocenters. The molecule has 0 aromatic carbocycles. The maximum Gasteiger partial charge on any atom is 0.354 e. The topological polar surface area (TPSA) is 48.3 Å². The van der Waals surface area contributed by atoms with Crippen LogP contribution in [-0.2, 0) is 11.8 Å². The molecule has 1 rings (SSSR count). The molecule has 1 heterocycles. The van der Waals surface area contributed by atoms with E-state index in [2.05, 4.69) is 4.74 Å². The Morgan fingerprint density at radius 1 is 1.69 bits per heavy atom. The van der Waals surface area contributed by atoms with Crippen molar-refractivity contribution in [1.82, 2.24) is 4.57 Å². The van der Waals surface area contributed by atoms with E-state index in [9.17, 15) is 9.59 Å². The average molecular weight is 202 g/mol. The van der Waals surface area contributed by atoms with E-state index < -0.39 is 5.97 Å². The number of nitrogens with zero attached hydrogens (tertiary/aromatic N) is 1. The predicted octanol–water partition coefficient (Wildman–Crippen LogP) is 1.28. The van der Waals surface area contributed by atoms with Gasteiger partial charge in [-0.1, -0.05) is 11.6 Å². The Hall–Kier alpha value is -1.29. The molecule has 5 heteroatoms. The monoisotopic (exact) mass is 201 g/mol. The van der Waals surface area contributed by atoms with Crippen LogP contribution >= 0.6 is 11.6 Å². The molecule has 0 fully saturated rings. The zero-order valence-corrected chi connectivity index (χ0v) is 7.96. The summed E-state index contributed by atoms with van der Waals surface area (Å²) in [5.41, 5.74) is 0.541. The molecule has 1 aromatic rings. The van der Waals surface area contributed by atoms with Gasteiger partial charge in [0.05, 0.1) is 12.7 Å². The second kappa shape index (κ2) is 3.62. The van der Waals surface area contributed by atoms with Crippen LogP contribution in [0.3, 0.4) is 0 Å². The van der Waals surface area contributed by atoms with Gasteiger partial charge in [-0.2, -0.15) is 0 Å². The first-order chi connectivity index (χ1) is 6.11. The number of esters is 1. The molecule has 0 saturated heterocycles. The van der Waals surface area contributed by atoms with E-state index in [0.29, 0.717) is 6.29 Å². The molecule has 0 amide bonds. The van der Waals surface area contributed by atoms with Gasteiger partial charge in [-0.3, -0.25) is 4.79 Å². The third kappa shape index (κ3) is 1.58. The van der Waals surface area contributed by atoms with Crippen LogP contribution in [0, 0.1) is 0 Å². The molecule has 0 bridgehead atoms. The van der Waals surface area contributed by atoms with Gasteiger partial charge in [0.1, 0.15) is 10.8 Å². The van der Waals surface area contributed by atoms with Gasteiger partial charge in [0.25, 0.3) is 0 Å². The van der Waals surface area contributed by atoms with Crippen LogP contribution in [0.5, 0.6) is 0 Å². The van der Waals surface area contributed by atoms with Crippen LogP contribution < -0.4 is 0 Å². The minimum absolute atomic E-state index is 0.232. The molecule has 0 spiro atoms. The van der Waals surface area contributed by atoms with E-state index in [1.165, 1.54) is 17.7 Å². The van der Waals surface area contributed by atoms with Crippen molar-refractivity contribution < 1.29 is 14.3 Å². The van der Waals surface area contributed by atoms with Crippen LogP contribution in [0.15, 0.2) is 6.07 Å². The summed E-state index contributed by atoms with van der Waals surface area (Å²) in [6, 6.07) is 1.39. The molecule has 0 radical (unpaired) electrons. The number of hydrogen-bond donors (Lipinski definition) is 0. The largest absolute Gasteiger partial charge is 0.464 e. The van der Waals surface area contributed by atoms with Crippen molar-refractivity contribution in [3.63, 3.8) is 0 Å². The van der Waals surface area contributed by atoms with Gasteiger partial charge in [-0.25, -0.2) is 4.79 Å². The fraction of sp³-hybridized carbons (Fsp3) is 0.250. The lowest BCUT2D eigenvalue weighted by atomic mass is 10.3. The Morgan fingerprint density at radius 2 is 2.31 bits per heavy atom. The SMILES string of the molecule is COC(=O)c1cc(C=O)c(Cl)n1C. The minimum atomic E-state index is -0.516. The summed E-state index contributed by atoms with van der Waals surface area (Å²) < 4.78 is 5.90. The first-order valence-corrected chi connectivity index (χ1v) is 3.88. The Kier molecular flexibility index (Phi) is 2.72. The summed E-state index contributed by atoms with van der Waals surface area (Å²) >= 11 is 5.74. The molecular formula is C8H8ClNO3. The van der Waals surface area contributed by atoms with Gasteiger partial charge >= 0.3 is 5.97 Å². The summed E-state index contributed by atoms with van der Waals surface area (Å²) in [7, 11) is 2.85. The van der Waals surface area contributed by atoms with E-state index in [-0.39, 0.29) is 16.4 Å². The highest BCUT2D eigenvalue weighted by molar-refractivity contribution is 6.32. The molecule has 4 nitrogen and oxygen atoms in total. The van der Waals surface area contributed by atoms with Crippen LogP contribution in [0.1, 0.15) is 20.8 Å². The maximum atomic E-state index is 11.1. The minimum Gasteiger partial charge on any atom is -0.464 e. The highest BCUT2D eigenvalue weighted by Crippen LogP contribution is 2.18. The van der Waals surface area contributed by atoms with Crippen molar-refractivity contribution in [1.29, 1.82) is 0 Å². The zero-order chi connectivity index (χ0) is 10.0. The first kappa shape index (κ1) is 9.80. The van der Waals surface area contributed by atoms with Crippen molar-refractivity contribution in [2.45, 2.75) is 0 Å². The lowest BCUT2D eigenvalue weighted by Gasteiger charge is -2.00. The molecule has 0 saturated carbocycles. The summed E-state index contributed by atoms with van der Waals surface area (Å²) in [6.45, 7) is 0. The summed E-state index contributed by atoms with van der Waals surface area (Å²) in [6.07, 6.45) is 0.592. The van der Waals surface area contributed by atoms with E-state index in [0.717, 1.165) is 0 Å². The predicted molar refractivity (Wildman–Crippen MR) is 47.2 cm³/mol. The number of aldehydes is 1. The quantitative estimate of drug-likeness (QED) is 0.535.